The Hall–Kier alpha value is -1.47. The first-order valence-electron chi connectivity index (χ1n) is 6.71. The summed E-state index contributed by atoms with van der Waals surface area (Å²) in [6.45, 7) is 5.11. The summed E-state index contributed by atoms with van der Waals surface area (Å²) in [6, 6.07) is 14.7. The van der Waals surface area contributed by atoms with E-state index in [1.54, 1.807) is 0 Å². The Kier molecular flexibility index (Phi) is 4.86. The summed E-state index contributed by atoms with van der Waals surface area (Å²) in [5.41, 5.74) is 4.87. The minimum Gasteiger partial charge on any atom is -0.384 e. The third-order valence-electron chi connectivity index (χ3n) is 3.22. The Morgan fingerprint density at radius 1 is 1.05 bits per heavy atom. The van der Waals surface area contributed by atoms with Gasteiger partial charge in [0.25, 0.3) is 0 Å². The molecule has 0 aliphatic heterocycles. The average molecular weight is 274 g/mol. The van der Waals surface area contributed by atoms with Gasteiger partial charge in [-0.3, -0.25) is 0 Å². The van der Waals surface area contributed by atoms with E-state index in [9.17, 15) is 0 Å². The monoisotopic (exact) mass is 273 g/mol. The molecule has 1 nitrogen and oxygen atoms in total. The van der Waals surface area contributed by atoms with Crippen LogP contribution in [-0.4, -0.2) is 6.54 Å². The van der Waals surface area contributed by atoms with Crippen molar-refractivity contribution in [2.75, 3.05) is 11.9 Å². The smallest absolute Gasteiger partial charge is 0.0642 e. The zero-order chi connectivity index (χ0) is 13.7. The molecule has 0 aliphatic rings. The molecule has 100 valence electrons. The van der Waals surface area contributed by atoms with Crippen molar-refractivity contribution in [1.29, 1.82) is 0 Å². The van der Waals surface area contributed by atoms with Crippen molar-refractivity contribution in [2.45, 2.75) is 26.7 Å². The quantitative estimate of drug-likeness (QED) is 0.756. The second-order valence-corrected chi connectivity index (χ2v) is 5.36. The van der Waals surface area contributed by atoms with Crippen LogP contribution in [0, 0.1) is 13.8 Å². The summed E-state index contributed by atoms with van der Waals surface area (Å²) in [7, 11) is 0. The maximum Gasteiger partial charge on any atom is 0.0642 e. The van der Waals surface area contributed by atoms with Gasteiger partial charge in [0.15, 0.2) is 0 Å². The van der Waals surface area contributed by atoms with Gasteiger partial charge in [-0.2, -0.15) is 0 Å². The van der Waals surface area contributed by atoms with Crippen molar-refractivity contribution in [1.82, 2.24) is 0 Å². The van der Waals surface area contributed by atoms with Crippen LogP contribution in [-0.2, 0) is 6.42 Å². The van der Waals surface area contributed by atoms with Gasteiger partial charge in [-0.1, -0.05) is 48.0 Å². The molecule has 0 aromatic heterocycles. The van der Waals surface area contributed by atoms with E-state index >= 15 is 0 Å². The molecule has 0 bridgehead atoms. The number of halogens is 1. The normalized spacial score (nSPS) is 10.5. The predicted octanol–water partition coefficient (Wildman–Crippen LogP) is 5.00. The summed E-state index contributed by atoms with van der Waals surface area (Å²) in [4.78, 5) is 0. The van der Waals surface area contributed by atoms with Crippen molar-refractivity contribution in [2.24, 2.45) is 0 Å². The highest BCUT2D eigenvalue weighted by Gasteiger charge is 2.04. The lowest BCUT2D eigenvalue weighted by atomic mass is 10.1. The molecule has 1 N–H and O–H groups in total. The lowest BCUT2D eigenvalue weighted by Gasteiger charge is -2.12. The third kappa shape index (κ3) is 4.00. The number of nitrogens with one attached hydrogen (secondary N) is 1. The van der Waals surface area contributed by atoms with E-state index in [-0.39, 0.29) is 0 Å². The van der Waals surface area contributed by atoms with Gasteiger partial charge in [0.2, 0.25) is 0 Å². The molecule has 0 amide bonds. The Labute approximate surface area is 120 Å². The third-order valence-corrected chi connectivity index (χ3v) is 3.52. The number of aryl methyl sites for hydroxylation is 3. The summed E-state index contributed by atoms with van der Waals surface area (Å²) in [5, 5.41) is 4.26. The average Bonchev–Trinajstić information content (AvgIpc) is 2.38. The van der Waals surface area contributed by atoms with Gasteiger partial charge in [-0.15, -0.1) is 0 Å². The molecule has 2 heteroatoms. The van der Waals surface area contributed by atoms with Crippen LogP contribution in [0.15, 0.2) is 42.5 Å². The first-order chi connectivity index (χ1) is 9.16. The maximum absolute atomic E-state index is 6.27. The molecule has 19 heavy (non-hydrogen) atoms. The Morgan fingerprint density at radius 3 is 2.47 bits per heavy atom. The number of anilines is 1. The fourth-order valence-corrected chi connectivity index (χ4v) is 2.68. The highest BCUT2D eigenvalue weighted by atomic mass is 35.5. The predicted molar refractivity (Wildman–Crippen MR) is 84.2 cm³/mol. The lowest BCUT2D eigenvalue weighted by Crippen LogP contribution is -2.05. The van der Waals surface area contributed by atoms with Gasteiger partial charge in [0, 0.05) is 6.54 Å². The fourth-order valence-electron chi connectivity index (χ4n) is 2.29. The molecule has 0 unspecified atom stereocenters. The van der Waals surface area contributed by atoms with Crippen molar-refractivity contribution in [3.05, 3.63) is 64.2 Å². The molecule has 0 aliphatic carbocycles. The van der Waals surface area contributed by atoms with Crippen LogP contribution in [0.1, 0.15) is 23.1 Å². The highest BCUT2D eigenvalue weighted by Crippen LogP contribution is 2.27. The minimum atomic E-state index is 0.817. The van der Waals surface area contributed by atoms with Gasteiger partial charge < -0.3 is 5.32 Å². The SMILES string of the molecule is Cc1cc(C)c(NCCCc2ccccc2)c(Cl)c1. The van der Waals surface area contributed by atoms with E-state index in [0.717, 1.165) is 30.1 Å². The molecular formula is C17H20ClN. The van der Waals surface area contributed by atoms with Gasteiger partial charge in [0.1, 0.15) is 0 Å². The highest BCUT2D eigenvalue weighted by molar-refractivity contribution is 6.33. The molecule has 2 rings (SSSR count). The standard InChI is InChI=1S/C17H20ClN/c1-13-11-14(2)17(16(18)12-13)19-10-6-9-15-7-4-3-5-8-15/h3-5,7-8,11-12,19H,6,9-10H2,1-2H3. The van der Waals surface area contributed by atoms with E-state index in [1.165, 1.54) is 16.7 Å². The molecule has 0 radical (unpaired) electrons. The minimum absolute atomic E-state index is 0.817. The second-order valence-electron chi connectivity index (χ2n) is 4.95. The number of benzene rings is 2. The first kappa shape index (κ1) is 14.0. The van der Waals surface area contributed by atoms with Gasteiger partial charge >= 0.3 is 0 Å². The van der Waals surface area contributed by atoms with Crippen LogP contribution in [0.25, 0.3) is 0 Å². The molecule has 0 saturated carbocycles. The molecule has 0 saturated heterocycles. The summed E-state index contributed by atoms with van der Waals surface area (Å²) in [6.07, 6.45) is 2.20. The molecule has 2 aromatic rings. The van der Waals surface area contributed by atoms with Crippen LogP contribution < -0.4 is 5.32 Å². The van der Waals surface area contributed by atoms with Crippen LogP contribution in [0.3, 0.4) is 0 Å². The van der Waals surface area contributed by atoms with Crippen molar-refractivity contribution in [3.63, 3.8) is 0 Å². The zero-order valence-corrected chi connectivity index (χ0v) is 12.3. The Balaban J connectivity index is 1.86. The number of hydrogen-bond acceptors (Lipinski definition) is 1. The Bertz CT molecular complexity index is 511. The van der Waals surface area contributed by atoms with E-state index in [2.05, 4.69) is 55.6 Å². The summed E-state index contributed by atoms with van der Waals surface area (Å²) < 4.78 is 0. The van der Waals surface area contributed by atoms with Gasteiger partial charge in [-0.05, 0) is 49.4 Å². The van der Waals surface area contributed by atoms with Crippen LogP contribution in [0.2, 0.25) is 5.02 Å². The van der Waals surface area contributed by atoms with Crippen molar-refractivity contribution >= 4 is 17.3 Å². The van der Waals surface area contributed by atoms with E-state index in [0.29, 0.717) is 0 Å². The molecule has 0 fully saturated rings. The molecule has 0 spiro atoms. The van der Waals surface area contributed by atoms with Gasteiger partial charge in [-0.25, -0.2) is 0 Å². The number of hydrogen-bond donors (Lipinski definition) is 1. The van der Waals surface area contributed by atoms with Crippen molar-refractivity contribution in [3.8, 4) is 0 Å². The fraction of sp³-hybridized carbons (Fsp3) is 0.294. The van der Waals surface area contributed by atoms with Crippen molar-refractivity contribution < 1.29 is 0 Å². The van der Waals surface area contributed by atoms with Crippen LogP contribution in [0.5, 0.6) is 0 Å². The molecular weight excluding hydrogens is 254 g/mol. The lowest BCUT2D eigenvalue weighted by molar-refractivity contribution is 0.862. The van der Waals surface area contributed by atoms with Crippen LogP contribution >= 0.6 is 11.6 Å². The van der Waals surface area contributed by atoms with E-state index < -0.39 is 0 Å². The largest absolute Gasteiger partial charge is 0.384 e. The second kappa shape index (κ2) is 6.63. The van der Waals surface area contributed by atoms with E-state index in [4.69, 9.17) is 11.6 Å². The molecule has 0 heterocycles. The zero-order valence-electron chi connectivity index (χ0n) is 11.5. The Morgan fingerprint density at radius 2 is 1.79 bits per heavy atom. The topological polar surface area (TPSA) is 12.0 Å². The van der Waals surface area contributed by atoms with Gasteiger partial charge in [0.05, 0.1) is 10.7 Å². The number of rotatable bonds is 5. The summed E-state index contributed by atoms with van der Waals surface area (Å²) >= 11 is 6.27. The molecule has 2 aromatic carbocycles. The first-order valence-corrected chi connectivity index (χ1v) is 7.09. The summed E-state index contributed by atoms with van der Waals surface area (Å²) in [5.74, 6) is 0. The maximum atomic E-state index is 6.27. The van der Waals surface area contributed by atoms with E-state index in [1.807, 2.05) is 6.07 Å². The molecule has 0 atom stereocenters. The van der Waals surface area contributed by atoms with Crippen LogP contribution in [0.4, 0.5) is 5.69 Å².